The van der Waals surface area contributed by atoms with Crippen molar-refractivity contribution in [2.75, 3.05) is 0 Å². The first-order chi connectivity index (χ1) is 11.5. The summed E-state index contributed by atoms with van der Waals surface area (Å²) >= 11 is 5.94. The lowest BCUT2D eigenvalue weighted by Crippen LogP contribution is -2.01. The van der Waals surface area contributed by atoms with Crippen LogP contribution in [0.2, 0.25) is 5.02 Å². The normalized spacial score (nSPS) is 10.7. The zero-order valence-corrected chi connectivity index (χ0v) is 13.4. The van der Waals surface area contributed by atoms with Crippen molar-refractivity contribution in [3.63, 3.8) is 0 Å². The molecule has 0 aliphatic carbocycles. The van der Waals surface area contributed by atoms with E-state index in [-0.39, 0.29) is 12.2 Å². The molecule has 5 nitrogen and oxygen atoms in total. The maximum Gasteiger partial charge on any atom is 0.303 e. The van der Waals surface area contributed by atoms with Crippen LogP contribution >= 0.6 is 11.6 Å². The summed E-state index contributed by atoms with van der Waals surface area (Å²) < 4.78 is 1.75. The van der Waals surface area contributed by atoms with Crippen LogP contribution in [0.15, 0.2) is 54.6 Å². The number of aliphatic carboxylic acids is 1. The fourth-order valence-corrected chi connectivity index (χ4v) is 2.53. The highest BCUT2D eigenvalue weighted by atomic mass is 35.5. The number of aromatic nitrogens is 2. The number of rotatable bonds is 5. The van der Waals surface area contributed by atoms with E-state index < -0.39 is 5.97 Å². The second-order valence-electron chi connectivity index (χ2n) is 5.35. The maximum atomic E-state index is 10.8. The minimum Gasteiger partial charge on any atom is -0.508 e. The van der Waals surface area contributed by atoms with Gasteiger partial charge in [0.1, 0.15) is 5.75 Å². The molecule has 0 saturated heterocycles. The van der Waals surface area contributed by atoms with Crippen LogP contribution in [0, 0.1) is 0 Å². The SMILES string of the molecule is O=C(O)CCc1cc(-c2ccc(O)cc2)n(-c2ccc(Cl)cc2)n1. The van der Waals surface area contributed by atoms with Gasteiger partial charge in [0.2, 0.25) is 0 Å². The molecular weight excluding hydrogens is 328 g/mol. The Balaban J connectivity index is 2.05. The van der Waals surface area contributed by atoms with Gasteiger partial charge in [-0.15, -0.1) is 0 Å². The molecule has 0 aliphatic rings. The lowest BCUT2D eigenvalue weighted by atomic mass is 10.1. The average Bonchev–Trinajstić information content (AvgIpc) is 2.98. The lowest BCUT2D eigenvalue weighted by molar-refractivity contribution is -0.136. The number of aryl methyl sites for hydroxylation is 1. The third-order valence-electron chi connectivity index (χ3n) is 3.59. The number of benzene rings is 2. The van der Waals surface area contributed by atoms with Gasteiger partial charge in [-0.2, -0.15) is 5.10 Å². The van der Waals surface area contributed by atoms with Gasteiger partial charge in [-0.1, -0.05) is 11.6 Å². The highest BCUT2D eigenvalue weighted by molar-refractivity contribution is 6.30. The molecule has 0 spiro atoms. The summed E-state index contributed by atoms with van der Waals surface area (Å²) in [5.74, 6) is -0.676. The molecule has 6 heteroatoms. The summed E-state index contributed by atoms with van der Waals surface area (Å²) in [6, 6.07) is 15.9. The summed E-state index contributed by atoms with van der Waals surface area (Å²) in [6.07, 6.45) is 0.369. The summed E-state index contributed by atoms with van der Waals surface area (Å²) in [5.41, 5.74) is 3.20. The molecule has 0 atom stereocenters. The molecule has 0 saturated carbocycles. The largest absolute Gasteiger partial charge is 0.508 e. The molecule has 24 heavy (non-hydrogen) atoms. The van der Waals surface area contributed by atoms with E-state index in [1.807, 2.05) is 18.2 Å². The predicted molar refractivity (Wildman–Crippen MR) is 91.6 cm³/mol. The number of hydrogen-bond acceptors (Lipinski definition) is 3. The standard InChI is InChI=1S/C18H15ClN2O3/c19-13-3-6-15(7-4-13)21-17(12-1-8-16(22)9-2-12)11-14(20-21)5-10-18(23)24/h1-4,6-9,11,22H,5,10H2,(H,23,24). The van der Waals surface area contributed by atoms with Crippen molar-refractivity contribution in [3.8, 4) is 22.7 Å². The van der Waals surface area contributed by atoms with Gasteiger partial charge >= 0.3 is 5.97 Å². The summed E-state index contributed by atoms with van der Waals surface area (Å²) in [5, 5.41) is 23.5. The molecule has 3 rings (SSSR count). The lowest BCUT2D eigenvalue weighted by Gasteiger charge is -2.08. The predicted octanol–water partition coefficient (Wildman–Crippen LogP) is 3.92. The van der Waals surface area contributed by atoms with Crippen molar-refractivity contribution < 1.29 is 15.0 Å². The Labute approximate surface area is 143 Å². The topological polar surface area (TPSA) is 75.3 Å². The average molecular weight is 343 g/mol. The number of phenolic OH excluding ortho intramolecular Hbond substituents is 1. The van der Waals surface area contributed by atoms with Crippen molar-refractivity contribution in [3.05, 3.63) is 65.3 Å². The first kappa shape index (κ1) is 16.1. The summed E-state index contributed by atoms with van der Waals surface area (Å²) in [7, 11) is 0. The molecule has 0 amide bonds. The van der Waals surface area contributed by atoms with Gasteiger partial charge in [0.25, 0.3) is 0 Å². The number of hydrogen-bond donors (Lipinski definition) is 2. The molecule has 0 unspecified atom stereocenters. The maximum absolute atomic E-state index is 10.8. The van der Waals surface area contributed by atoms with E-state index in [1.165, 1.54) is 0 Å². The molecule has 0 radical (unpaired) electrons. The van der Waals surface area contributed by atoms with Crippen molar-refractivity contribution in [1.82, 2.24) is 9.78 Å². The fourth-order valence-electron chi connectivity index (χ4n) is 2.40. The molecular formula is C18H15ClN2O3. The summed E-state index contributed by atoms with van der Waals surface area (Å²) in [6.45, 7) is 0. The second-order valence-corrected chi connectivity index (χ2v) is 5.79. The highest BCUT2D eigenvalue weighted by Gasteiger charge is 2.13. The quantitative estimate of drug-likeness (QED) is 0.737. The molecule has 0 aliphatic heterocycles. The van der Waals surface area contributed by atoms with Crippen LogP contribution in [0.5, 0.6) is 5.75 Å². The van der Waals surface area contributed by atoms with Crippen molar-refractivity contribution in [2.24, 2.45) is 0 Å². The number of carboxylic acid groups (broad SMARTS) is 1. The first-order valence-corrected chi connectivity index (χ1v) is 7.77. The Kier molecular flexibility index (Phi) is 4.53. The first-order valence-electron chi connectivity index (χ1n) is 7.39. The molecule has 1 aromatic heterocycles. The molecule has 122 valence electrons. The van der Waals surface area contributed by atoms with E-state index in [4.69, 9.17) is 16.7 Å². The van der Waals surface area contributed by atoms with Crippen LogP contribution < -0.4 is 0 Å². The van der Waals surface area contributed by atoms with E-state index in [2.05, 4.69) is 5.10 Å². The highest BCUT2D eigenvalue weighted by Crippen LogP contribution is 2.26. The van der Waals surface area contributed by atoms with Crippen LogP contribution in [0.3, 0.4) is 0 Å². The molecule has 0 bridgehead atoms. The van der Waals surface area contributed by atoms with Crippen LogP contribution in [0.4, 0.5) is 0 Å². The second kappa shape index (κ2) is 6.76. The Morgan fingerprint density at radius 3 is 2.38 bits per heavy atom. The fraction of sp³-hybridized carbons (Fsp3) is 0.111. The van der Waals surface area contributed by atoms with Gasteiger partial charge in [0, 0.05) is 17.0 Å². The van der Waals surface area contributed by atoms with Crippen LogP contribution in [-0.4, -0.2) is 26.0 Å². The number of carbonyl (C=O) groups is 1. The Hall–Kier alpha value is -2.79. The van der Waals surface area contributed by atoms with Gasteiger partial charge in [-0.3, -0.25) is 4.79 Å². The van der Waals surface area contributed by atoms with E-state index >= 15 is 0 Å². The van der Waals surface area contributed by atoms with Gasteiger partial charge in [0.15, 0.2) is 0 Å². The van der Waals surface area contributed by atoms with Crippen LogP contribution in [-0.2, 0) is 11.2 Å². The smallest absolute Gasteiger partial charge is 0.303 e. The van der Waals surface area contributed by atoms with Gasteiger partial charge in [0.05, 0.1) is 23.5 Å². The summed E-state index contributed by atoms with van der Waals surface area (Å²) in [4.78, 5) is 10.8. The molecule has 2 N–H and O–H groups in total. The van der Waals surface area contributed by atoms with Gasteiger partial charge in [-0.05, 0) is 54.6 Å². The van der Waals surface area contributed by atoms with Crippen molar-refractivity contribution >= 4 is 17.6 Å². The Morgan fingerprint density at radius 1 is 1.08 bits per heavy atom. The van der Waals surface area contributed by atoms with E-state index in [9.17, 15) is 9.90 Å². The molecule has 0 fully saturated rings. The van der Waals surface area contributed by atoms with E-state index in [0.29, 0.717) is 17.1 Å². The minimum absolute atomic E-state index is 0.0205. The third kappa shape index (κ3) is 3.58. The van der Waals surface area contributed by atoms with Crippen LogP contribution in [0.1, 0.15) is 12.1 Å². The number of nitrogens with zero attached hydrogens (tertiary/aromatic N) is 2. The molecule has 2 aromatic carbocycles. The zero-order valence-electron chi connectivity index (χ0n) is 12.7. The number of aromatic hydroxyl groups is 1. The van der Waals surface area contributed by atoms with Crippen molar-refractivity contribution in [1.29, 1.82) is 0 Å². The number of halogens is 1. The van der Waals surface area contributed by atoms with Crippen molar-refractivity contribution in [2.45, 2.75) is 12.8 Å². The van der Waals surface area contributed by atoms with E-state index in [1.54, 1.807) is 41.1 Å². The number of phenols is 1. The van der Waals surface area contributed by atoms with Crippen LogP contribution in [0.25, 0.3) is 16.9 Å². The zero-order chi connectivity index (χ0) is 17.1. The number of carboxylic acids is 1. The van der Waals surface area contributed by atoms with Gasteiger partial charge < -0.3 is 10.2 Å². The molecule has 3 aromatic rings. The van der Waals surface area contributed by atoms with E-state index in [0.717, 1.165) is 16.9 Å². The third-order valence-corrected chi connectivity index (χ3v) is 3.84. The Morgan fingerprint density at radius 2 is 1.75 bits per heavy atom. The van der Waals surface area contributed by atoms with Gasteiger partial charge in [-0.25, -0.2) is 4.68 Å². The molecule has 1 heterocycles. The monoisotopic (exact) mass is 342 g/mol. The minimum atomic E-state index is -0.859. The Bertz CT molecular complexity index is 792.